The molecule has 0 amide bonds. The SMILES string of the molecule is COc1ccccc1[C@]1(CCNCCCN2CCOCC2)CCOC(C)(C)C1. The highest BCUT2D eigenvalue weighted by Gasteiger charge is 2.43. The molecule has 0 saturated carbocycles. The lowest BCUT2D eigenvalue weighted by Crippen LogP contribution is -2.45. The van der Waals surface area contributed by atoms with Gasteiger partial charge in [-0.1, -0.05) is 18.2 Å². The largest absolute Gasteiger partial charge is 0.496 e. The highest BCUT2D eigenvalue weighted by atomic mass is 16.5. The van der Waals surface area contributed by atoms with Crippen LogP contribution in [0.3, 0.4) is 0 Å². The second-order valence-electron chi connectivity index (χ2n) is 8.82. The predicted octanol–water partition coefficient (Wildman–Crippen LogP) is 3.22. The van der Waals surface area contributed by atoms with Crippen LogP contribution in [-0.4, -0.2) is 70.2 Å². The number of nitrogens with one attached hydrogen (secondary N) is 1. The van der Waals surface area contributed by atoms with E-state index in [1.165, 1.54) is 12.0 Å². The van der Waals surface area contributed by atoms with Gasteiger partial charge in [-0.25, -0.2) is 0 Å². The summed E-state index contributed by atoms with van der Waals surface area (Å²) in [5.41, 5.74) is 1.34. The number of rotatable bonds is 9. The average molecular weight is 391 g/mol. The fourth-order valence-corrected chi connectivity index (χ4v) is 4.84. The fourth-order valence-electron chi connectivity index (χ4n) is 4.84. The summed E-state index contributed by atoms with van der Waals surface area (Å²) in [4.78, 5) is 2.50. The van der Waals surface area contributed by atoms with Gasteiger partial charge in [0, 0.05) is 30.7 Å². The fraction of sp³-hybridized carbons (Fsp3) is 0.739. The molecular formula is C23H38N2O3. The zero-order valence-electron chi connectivity index (χ0n) is 18.0. The first-order valence-electron chi connectivity index (χ1n) is 10.8. The van der Waals surface area contributed by atoms with Crippen molar-refractivity contribution < 1.29 is 14.2 Å². The van der Waals surface area contributed by atoms with Gasteiger partial charge in [0.15, 0.2) is 0 Å². The van der Waals surface area contributed by atoms with Gasteiger partial charge in [-0.2, -0.15) is 0 Å². The molecule has 1 N–H and O–H groups in total. The Morgan fingerprint density at radius 3 is 2.64 bits per heavy atom. The van der Waals surface area contributed by atoms with Crippen molar-refractivity contribution in [2.45, 2.75) is 50.5 Å². The number of benzene rings is 1. The topological polar surface area (TPSA) is 43.0 Å². The molecule has 1 aromatic carbocycles. The number of para-hydroxylation sites is 1. The highest BCUT2D eigenvalue weighted by Crippen LogP contribution is 2.46. The van der Waals surface area contributed by atoms with Crippen molar-refractivity contribution in [3.63, 3.8) is 0 Å². The maximum Gasteiger partial charge on any atom is 0.122 e. The number of hydrogen-bond acceptors (Lipinski definition) is 5. The molecule has 0 radical (unpaired) electrons. The van der Waals surface area contributed by atoms with Gasteiger partial charge < -0.3 is 19.5 Å². The van der Waals surface area contributed by atoms with E-state index >= 15 is 0 Å². The van der Waals surface area contributed by atoms with Crippen LogP contribution in [0.2, 0.25) is 0 Å². The summed E-state index contributed by atoms with van der Waals surface area (Å²) in [5.74, 6) is 1.01. The van der Waals surface area contributed by atoms with Crippen LogP contribution in [0.25, 0.3) is 0 Å². The van der Waals surface area contributed by atoms with Gasteiger partial charge in [-0.15, -0.1) is 0 Å². The minimum absolute atomic E-state index is 0.102. The number of nitrogens with zero attached hydrogens (tertiary/aromatic N) is 1. The van der Waals surface area contributed by atoms with Gasteiger partial charge in [0.25, 0.3) is 0 Å². The second-order valence-corrected chi connectivity index (χ2v) is 8.82. The van der Waals surface area contributed by atoms with Gasteiger partial charge in [-0.3, -0.25) is 4.90 Å². The molecule has 3 rings (SSSR count). The first kappa shape index (κ1) is 21.6. The molecule has 5 nitrogen and oxygen atoms in total. The zero-order valence-corrected chi connectivity index (χ0v) is 18.0. The molecule has 1 atom stereocenters. The van der Waals surface area contributed by atoms with Crippen molar-refractivity contribution in [1.29, 1.82) is 0 Å². The first-order chi connectivity index (χ1) is 13.5. The molecule has 0 spiro atoms. The van der Waals surface area contributed by atoms with E-state index in [2.05, 4.69) is 48.3 Å². The van der Waals surface area contributed by atoms with Crippen LogP contribution in [-0.2, 0) is 14.9 Å². The van der Waals surface area contributed by atoms with Gasteiger partial charge in [0.05, 0.1) is 25.9 Å². The molecule has 0 bridgehead atoms. The third-order valence-corrected chi connectivity index (χ3v) is 6.23. The quantitative estimate of drug-likeness (QED) is 0.656. The standard InChI is InChI=1S/C23H38N2O3/c1-22(2)19-23(10-16-28-22,20-7-4-5-8-21(20)26-3)9-12-24-11-6-13-25-14-17-27-18-15-25/h4-5,7-8,24H,6,9-19H2,1-3H3/t23-/m1/s1. The third-order valence-electron chi connectivity index (χ3n) is 6.23. The summed E-state index contributed by atoms with van der Waals surface area (Å²) in [6, 6.07) is 8.54. The molecule has 158 valence electrons. The van der Waals surface area contributed by atoms with Crippen LogP contribution in [0.1, 0.15) is 45.1 Å². The van der Waals surface area contributed by atoms with E-state index < -0.39 is 0 Å². The predicted molar refractivity (Wildman–Crippen MR) is 113 cm³/mol. The summed E-state index contributed by atoms with van der Waals surface area (Å²) >= 11 is 0. The van der Waals surface area contributed by atoms with Crippen LogP contribution in [0.4, 0.5) is 0 Å². The summed E-state index contributed by atoms with van der Waals surface area (Å²) in [7, 11) is 1.78. The molecule has 0 aliphatic carbocycles. The Morgan fingerprint density at radius 1 is 1.11 bits per heavy atom. The monoisotopic (exact) mass is 390 g/mol. The molecule has 2 heterocycles. The number of morpholine rings is 1. The molecule has 2 fully saturated rings. The Morgan fingerprint density at radius 2 is 1.89 bits per heavy atom. The summed E-state index contributed by atoms with van der Waals surface area (Å²) in [6.45, 7) is 12.4. The van der Waals surface area contributed by atoms with E-state index in [9.17, 15) is 0 Å². The van der Waals surface area contributed by atoms with E-state index in [0.29, 0.717) is 0 Å². The van der Waals surface area contributed by atoms with Gasteiger partial charge in [0.2, 0.25) is 0 Å². The van der Waals surface area contributed by atoms with Crippen LogP contribution in [0, 0.1) is 0 Å². The van der Waals surface area contributed by atoms with Crippen molar-refractivity contribution in [1.82, 2.24) is 10.2 Å². The maximum atomic E-state index is 6.05. The number of methoxy groups -OCH3 is 1. The lowest BCUT2D eigenvalue weighted by molar-refractivity contribution is -0.0842. The maximum absolute atomic E-state index is 6.05. The number of ether oxygens (including phenoxy) is 3. The average Bonchev–Trinajstić information content (AvgIpc) is 2.70. The van der Waals surface area contributed by atoms with Crippen LogP contribution >= 0.6 is 0 Å². The lowest BCUT2D eigenvalue weighted by atomic mass is 9.67. The molecule has 0 unspecified atom stereocenters. The minimum atomic E-state index is -0.102. The zero-order chi connectivity index (χ0) is 19.9. The highest BCUT2D eigenvalue weighted by molar-refractivity contribution is 5.40. The van der Waals surface area contributed by atoms with E-state index in [1.54, 1.807) is 7.11 Å². The molecule has 0 aromatic heterocycles. The minimum Gasteiger partial charge on any atom is -0.496 e. The molecule has 28 heavy (non-hydrogen) atoms. The Labute approximate surface area is 170 Å². The Bertz CT molecular complexity index is 601. The van der Waals surface area contributed by atoms with Gasteiger partial charge >= 0.3 is 0 Å². The molecule has 1 aromatic rings. The van der Waals surface area contributed by atoms with Crippen molar-refractivity contribution >= 4 is 0 Å². The van der Waals surface area contributed by atoms with Crippen molar-refractivity contribution in [2.24, 2.45) is 0 Å². The molecule has 5 heteroatoms. The van der Waals surface area contributed by atoms with Gasteiger partial charge in [-0.05, 0) is 65.2 Å². The Kier molecular flexibility index (Phi) is 7.75. The van der Waals surface area contributed by atoms with Crippen LogP contribution < -0.4 is 10.1 Å². The normalized spacial score (nSPS) is 25.5. The van der Waals surface area contributed by atoms with Crippen LogP contribution in [0.5, 0.6) is 5.75 Å². The lowest BCUT2D eigenvalue weighted by Gasteiger charge is -2.46. The smallest absolute Gasteiger partial charge is 0.122 e. The van der Waals surface area contributed by atoms with Crippen LogP contribution in [0.15, 0.2) is 24.3 Å². The van der Waals surface area contributed by atoms with E-state index in [0.717, 1.165) is 77.6 Å². The van der Waals surface area contributed by atoms with Gasteiger partial charge in [0.1, 0.15) is 5.75 Å². The summed E-state index contributed by atoms with van der Waals surface area (Å²) < 4.78 is 17.2. The van der Waals surface area contributed by atoms with Crippen molar-refractivity contribution in [2.75, 3.05) is 59.7 Å². The first-order valence-corrected chi connectivity index (χ1v) is 10.8. The summed E-state index contributed by atoms with van der Waals surface area (Å²) in [6.07, 6.45) is 4.37. The third kappa shape index (κ3) is 5.69. The van der Waals surface area contributed by atoms with Crippen molar-refractivity contribution in [3.8, 4) is 5.75 Å². The van der Waals surface area contributed by atoms with E-state index in [1.807, 2.05) is 0 Å². The molecular weight excluding hydrogens is 352 g/mol. The van der Waals surface area contributed by atoms with E-state index in [-0.39, 0.29) is 11.0 Å². The van der Waals surface area contributed by atoms with Crippen molar-refractivity contribution in [3.05, 3.63) is 29.8 Å². The Balaban J connectivity index is 1.56. The molecule has 2 aliphatic rings. The number of hydrogen-bond donors (Lipinski definition) is 1. The second kappa shape index (κ2) is 10.1. The Hall–Kier alpha value is -1.14. The molecule has 2 aliphatic heterocycles. The summed E-state index contributed by atoms with van der Waals surface area (Å²) in [5, 5.41) is 3.69. The molecule has 2 saturated heterocycles. The van der Waals surface area contributed by atoms with E-state index in [4.69, 9.17) is 14.2 Å².